The summed E-state index contributed by atoms with van der Waals surface area (Å²) in [5, 5.41) is 12.1. The quantitative estimate of drug-likeness (QED) is 0.777. The molecule has 2 aromatic rings. The van der Waals surface area contributed by atoms with Crippen molar-refractivity contribution in [3.63, 3.8) is 0 Å². The molecule has 2 aromatic heterocycles. The highest BCUT2D eigenvalue weighted by atomic mass is 35.5. The third kappa shape index (κ3) is 1.92. The molecule has 2 heterocycles. The Morgan fingerprint density at radius 2 is 2.20 bits per heavy atom. The maximum atomic E-state index is 5.71. The Morgan fingerprint density at radius 3 is 2.80 bits per heavy atom. The molecule has 0 N–H and O–H groups in total. The van der Waals surface area contributed by atoms with Crippen LogP contribution in [0.4, 0.5) is 0 Å². The van der Waals surface area contributed by atoms with Crippen molar-refractivity contribution in [3.05, 3.63) is 23.6 Å². The zero-order chi connectivity index (χ0) is 10.8. The molecule has 0 atom stereocenters. The Hall–Kier alpha value is -1.62. The molecule has 5 nitrogen and oxygen atoms in total. The van der Waals surface area contributed by atoms with E-state index in [1.54, 1.807) is 24.1 Å². The van der Waals surface area contributed by atoms with E-state index in [0.717, 1.165) is 5.56 Å². The van der Waals surface area contributed by atoms with Gasteiger partial charge in [-0.05, 0) is 0 Å². The lowest BCUT2D eigenvalue weighted by molar-refractivity contribution is 0.413. The SMILES string of the molecule is COc1cc(Cl)nnc1-c1cnn(C)c1. The fourth-order valence-electron chi connectivity index (χ4n) is 1.25. The molecule has 0 saturated carbocycles. The molecule has 0 aromatic carbocycles. The third-order valence-electron chi connectivity index (χ3n) is 1.93. The van der Waals surface area contributed by atoms with Gasteiger partial charge in [0.1, 0.15) is 11.4 Å². The minimum atomic E-state index is 0.305. The van der Waals surface area contributed by atoms with E-state index in [4.69, 9.17) is 16.3 Å². The van der Waals surface area contributed by atoms with Gasteiger partial charge in [0.15, 0.2) is 5.15 Å². The molecule has 0 spiro atoms. The molecule has 15 heavy (non-hydrogen) atoms. The first-order valence-corrected chi connectivity index (χ1v) is 4.64. The van der Waals surface area contributed by atoms with E-state index in [0.29, 0.717) is 16.6 Å². The normalized spacial score (nSPS) is 10.3. The lowest BCUT2D eigenvalue weighted by Crippen LogP contribution is -1.93. The van der Waals surface area contributed by atoms with Crippen LogP contribution in [0.25, 0.3) is 11.3 Å². The second-order valence-corrected chi connectivity index (χ2v) is 3.37. The Balaban J connectivity index is 2.52. The zero-order valence-corrected chi connectivity index (χ0v) is 9.06. The number of aromatic nitrogens is 4. The van der Waals surface area contributed by atoms with Crippen LogP contribution >= 0.6 is 11.6 Å². The van der Waals surface area contributed by atoms with E-state index in [1.165, 1.54) is 0 Å². The second kappa shape index (κ2) is 3.86. The molecule has 0 saturated heterocycles. The van der Waals surface area contributed by atoms with Crippen LogP contribution in [0.15, 0.2) is 18.5 Å². The van der Waals surface area contributed by atoms with Gasteiger partial charge in [-0.3, -0.25) is 4.68 Å². The Bertz CT molecular complexity index is 483. The number of methoxy groups -OCH3 is 1. The van der Waals surface area contributed by atoms with Crippen LogP contribution in [0.2, 0.25) is 5.15 Å². The van der Waals surface area contributed by atoms with Crippen LogP contribution in [0.1, 0.15) is 0 Å². The highest BCUT2D eigenvalue weighted by molar-refractivity contribution is 6.29. The van der Waals surface area contributed by atoms with E-state index in [2.05, 4.69) is 15.3 Å². The monoisotopic (exact) mass is 224 g/mol. The molecule has 78 valence electrons. The summed E-state index contributed by atoms with van der Waals surface area (Å²) >= 11 is 5.71. The molecule has 0 unspecified atom stereocenters. The van der Waals surface area contributed by atoms with Crippen LogP contribution in [0.3, 0.4) is 0 Å². The molecular formula is C9H9ClN4O. The minimum Gasteiger partial charge on any atom is -0.494 e. The summed E-state index contributed by atoms with van der Waals surface area (Å²) in [5.41, 5.74) is 1.48. The molecule has 0 bridgehead atoms. The van der Waals surface area contributed by atoms with Crippen molar-refractivity contribution in [2.45, 2.75) is 0 Å². The first-order valence-electron chi connectivity index (χ1n) is 4.27. The molecule has 0 aliphatic carbocycles. The van der Waals surface area contributed by atoms with Crippen molar-refractivity contribution in [1.29, 1.82) is 0 Å². The van der Waals surface area contributed by atoms with Gasteiger partial charge >= 0.3 is 0 Å². The number of hydrogen-bond donors (Lipinski definition) is 0. The Labute approximate surface area is 91.7 Å². The third-order valence-corrected chi connectivity index (χ3v) is 2.11. The summed E-state index contributed by atoms with van der Waals surface area (Å²) in [6.45, 7) is 0. The number of ether oxygens (including phenoxy) is 1. The topological polar surface area (TPSA) is 52.8 Å². The molecule has 0 fully saturated rings. The number of halogens is 1. The zero-order valence-electron chi connectivity index (χ0n) is 8.31. The summed E-state index contributed by atoms with van der Waals surface area (Å²) in [6, 6.07) is 1.62. The van der Waals surface area contributed by atoms with Gasteiger partial charge in [0.05, 0.1) is 13.3 Å². The van der Waals surface area contributed by atoms with Gasteiger partial charge in [0.2, 0.25) is 0 Å². The maximum absolute atomic E-state index is 5.71. The standard InChI is InChI=1S/C9H9ClN4O/c1-14-5-6(4-11-14)9-7(15-2)3-8(10)12-13-9/h3-5H,1-2H3. The van der Waals surface area contributed by atoms with E-state index < -0.39 is 0 Å². The van der Waals surface area contributed by atoms with Crippen molar-refractivity contribution in [1.82, 2.24) is 20.0 Å². The van der Waals surface area contributed by atoms with Crippen molar-refractivity contribution in [3.8, 4) is 17.0 Å². The maximum Gasteiger partial charge on any atom is 0.155 e. The van der Waals surface area contributed by atoms with Crippen LogP contribution in [0, 0.1) is 0 Å². The van der Waals surface area contributed by atoms with Crippen molar-refractivity contribution >= 4 is 11.6 Å². The van der Waals surface area contributed by atoms with Gasteiger partial charge in [-0.2, -0.15) is 5.10 Å². The second-order valence-electron chi connectivity index (χ2n) is 2.99. The highest BCUT2D eigenvalue weighted by Crippen LogP contribution is 2.27. The molecule has 0 amide bonds. The van der Waals surface area contributed by atoms with E-state index in [1.807, 2.05) is 13.2 Å². The predicted octanol–water partition coefficient (Wildman–Crippen LogP) is 1.54. The van der Waals surface area contributed by atoms with Crippen molar-refractivity contribution < 1.29 is 4.74 Å². The molecule has 2 rings (SSSR count). The van der Waals surface area contributed by atoms with Crippen LogP contribution in [-0.4, -0.2) is 27.1 Å². The smallest absolute Gasteiger partial charge is 0.155 e. The van der Waals surface area contributed by atoms with Gasteiger partial charge in [0.25, 0.3) is 0 Å². The largest absolute Gasteiger partial charge is 0.494 e. The number of rotatable bonds is 2. The number of hydrogen-bond acceptors (Lipinski definition) is 4. The van der Waals surface area contributed by atoms with Gasteiger partial charge < -0.3 is 4.74 Å². The summed E-state index contributed by atoms with van der Waals surface area (Å²) in [4.78, 5) is 0. The van der Waals surface area contributed by atoms with Crippen molar-refractivity contribution in [2.75, 3.05) is 7.11 Å². The van der Waals surface area contributed by atoms with Gasteiger partial charge in [-0.25, -0.2) is 0 Å². The summed E-state index contributed by atoms with van der Waals surface area (Å²) in [7, 11) is 3.40. The van der Waals surface area contributed by atoms with E-state index in [-0.39, 0.29) is 0 Å². The van der Waals surface area contributed by atoms with E-state index >= 15 is 0 Å². The van der Waals surface area contributed by atoms with Crippen LogP contribution < -0.4 is 4.74 Å². The highest BCUT2D eigenvalue weighted by Gasteiger charge is 2.10. The summed E-state index contributed by atoms with van der Waals surface area (Å²) in [6.07, 6.45) is 3.53. The Kier molecular flexibility index (Phi) is 2.55. The van der Waals surface area contributed by atoms with Gasteiger partial charge in [-0.1, -0.05) is 11.6 Å². The first kappa shape index (κ1) is 9.92. The molecule has 0 aliphatic rings. The van der Waals surface area contributed by atoms with Crippen LogP contribution in [-0.2, 0) is 7.05 Å². The van der Waals surface area contributed by atoms with Gasteiger partial charge in [-0.15, -0.1) is 10.2 Å². The minimum absolute atomic E-state index is 0.305. The number of aryl methyl sites for hydroxylation is 1. The predicted molar refractivity (Wildman–Crippen MR) is 55.8 cm³/mol. The van der Waals surface area contributed by atoms with Crippen LogP contribution in [0.5, 0.6) is 5.75 Å². The fraction of sp³-hybridized carbons (Fsp3) is 0.222. The number of nitrogens with zero attached hydrogens (tertiary/aromatic N) is 4. The lowest BCUT2D eigenvalue weighted by atomic mass is 10.2. The van der Waals surface area contributed by atoms with Gasteiger partial charge in [0, 0.05) is 24.9 Å². The molecule has 0 radical (unpaired) electrons. The first-order chi connectivity index (χ1) is 7.20. The Morgan fingerprint density at radius 1 is 1.40 bits per heavy atom. The average molecular weight is 225 g/mol. The molecule has 6 heteroatoms. The molecule has 0 aliphatic heterocycles. The fourth-order valence-corrected chi connectivity index (χ4v) is 1.39. The molecular weight excluding hydrogens is 216 g/mol. The average Bonchev–Trinajstić information content (AvgIpc) is 2.64. The van der Waals surface area contributed by atoms with Crippen molar-refractivity contribution in [2.24, 2.45) is 7.05 Å². The van der Waals surface area contributed by atoms with E-state index in [9.17, 15) is 0 Å². The summed E-state index contributed by atoms with van der Waals surface area (Å²) in [5.74, 6) is 0.586. The lowest BCUT2D eigenvalue weighted by Gasteiger charge is -2.04. The summed E-state index contributed by atoms with van der Waals surface area (Å²) < 4.78 is 6.85.